The molecular weight excluding hydrogens is 196 g/mol. The van der Waals surface area contributed by atoms with E-state index in [4.69, 9.17) is 10.4 Å². The topological polar surface area (TPSA) is 94.2 Å². The quantitative estimate of drug-likeness (QED) is 0.666. The van der Waals surface area contributed by atoms with Crippen LogP contribution < -0.4 is 5.56 Å². The number of aromatic nitrogens is 3. The summed E-state index contributed by atoms with van der Waals surface area (Å²) in [6.07, 6.45) is 1.31. The molecule has 0 atom stereocenters. The van der Waals surface area contributed by atoms with Gasteiger partial charge in [0.25, 0.3) is 5.56 Å². The van der Waals surface area contributed by atoms with Crippen LogP contribution in [0.3, 0.4) is 0 Å². The van der Waals surface area contributed by atoms with Crippen LogP contribution in [0.1, 0.15) is 16.8 Å². The van der Waals surface area contributed by atoms with Gasteiger partial charge in [0.05, 0.1) is 18.5 Å². The fraction of sp³-hybridized carbons (Fsp3) is 0.222. The first-order chi connectivity index (χ1) is 7.19. The molecule has 0 saturated carbocycles. The Morgan fingerprint density at radius 3 is 3.07 bits per heavy atom. The molecule has 0 fully saturated rings. The number of H-pyrrole nitrogens is 1. The average molecular weight is 204 g/mol. The summed E-state index contributed by atoms with van der Waals surface area (Å²) in [4.78, 5) is 14.5. The zero-order chi connectivity index (χ0) is 11.0. The van der Waals surface area contributed by atoms with E-state index >= 15 is 0 Å². The van der Waals surface area contributed by atoms with Crippen LogP contribution in [0.15, 0.2) is 11.0 Å². The molecular formula is C9H8N4O2. The van der Waals surface area contributed by atoms with E-state index in [0.717, 1.165) is 4.52 Å². The van der Waals surface area contributed by atoms with Gasteiger partial charge >= 0.3 is 0 Å². The van der Waals surface area contributed by atoms with Gasteiger partial charge in [0.2, 0.25) is 0 Å². The molecule has 0 aliphatic rings. The second-order valence-electron chi connectivity index (χ2n) is 3.12. The fourth-order valence-corrected chi connectivity index (χ4v) is 1.39. The number of nitrogens with one attached hydrogen (secondary N) is 1. The Balaban J connectivity index is 2.95. The molecule has 0 unspecified atom stereocenters. The normalized spacial score (nSPS) is 10.5. The predicted octanol–water partition coefficient (Wildman–Crippen LogP) is -0.305. The van der Waals surface area contributed by atoms with E-state index in [1.54, 1.807) is 6.92 Å². The van der Waals surface area contributed by atoms with E-state index in [9.17, 15) is 4.79 Å². The van der Waals surface area contributed by atoms with Crippen LogP contribution in [0.5, 0.6) is 0 Å². The Kier molecular flexibility index (Phi) is 2.02. The first kappa shape index (κ1) is 9.43. The van der Waals surface area contributed by atoms with Gasteiger partial charge in [-0.15, -0.1) is 0 Å². The third-order valence-electron chi connectivity index (χ3n) is 2.28. The van der Waals surface area contributed by atoms with Gasteiger partial charge in [0.15, 0.2) is 5.65 Å². The van der Waals surface area contributed by atoms with Crippen LogP contribution >= 0.6 is 0 Å². The Bertz CT molecular complexity index is 617. The van der Waals surface area contributed by atoms with Crippen LogP contribution in [0.2, 0.25) is 0 Å². The number of hydrogen-bond donors (Lipinski definition) is 2. The monoisotopic (exact) mass is 204 g/mol. The van der Waals surface area contributed by atoms with E-state index in [1.165, 1.54) is 6.20 Å². The first-order valence-electron chi connectivity index (χ1n) is 4.29. The zero-order valence-corrected chi connectivity index (χ0v) is 7.98. The minimum Gasteiger partial charge on any atom is -0.390 e. The van der Waals surface area contributed by atoms with Crippen LogP contribution in [-0.4, -0.2) is 19.7 Å². The minimum absolute atomic E-state index is 0.270. The maximum atomic E-state index is 11.7. The second-order valence-corrected chi connectivity index (χ2v) is 3.12. The van der Waals surface area contributed by atoms with Gasteiger partial charge in [-0.25, -0.2) is 0 Å². The maximum absolute atomic E-state index is 11.7. The highest BCUT2D eigenvalue weighted by Crippen LogP contribution is 2.07. The molecule has 0 saturated heterocycles. The van der Waals surface area contributed by atoms with Gasteiger partial charge in [0, 0.05) is 5.56 Å². The lowest BCUT2D eigenvalue weighted by atomic mass is 10.2. The van der Waals surface area contributed by atoms with E-state index in [1.807, 2.05) is 6.07 Å². The molecule has 6 heteroatoms. The summed E-state index contributed by atoms with van der Waals surface area (Å²) in [6, 6.07) is 1.91. The van der Waals surface area contributed by atoms with Crippen molar-refractivity contribution in [3.05, 3.63) is 33.4 Å². The lowest BCUT2D eigenvalue weighted by Crippen LogP contribution is -2.20. The summed E-state index contributed by atoms with van der Waals surface area (Å²) in [6.45, 7) is 1.32. The van der Waals surface area contributed by atoms with Crippen molar-refractivity contribution in [2.75, 3.05) is 0 Å². The molecule has 2 aromatic heterocycles. The van der Waals surface area contributed by atoms with Crippen molar-refractivity contribution < 1.29 is 5.11 Å². The van der Waals surface area contributed by atoms with Gasteiger partial charge in [0.1, 0.15) is 11.6 Å². The van der Waals surface area contributed by atoms with Crippen LogP contribution in [-0.2, 0) is 6.61 Å². The van der Waals surface area contributed by atoms with E-state index in [-0.39, 0.29) is 17.7 Å². The number of hydrogen-bond acceptors (Lipinski definition) is 4. The molecule has 0 aliphatic heterocycles. The standard InChI is InChI=1S/C9H8N4O2/c1-5-7(4-14)12-8-6(2-10)3-11-13(8)9(5)15/h3,12,14H,4H2,1H3. The second kappa shape index (κ2) is 3.22. The number of aliphatic hydroxyl groups excluding tert-OH is 1. The number of aliphatic hydroxyl groups is 1. The third kappa shape index (κ3) is 1.21. The van der Waals surface area contributed by atoms with Crippen molar-refractivity contribution in [1.29, 1.82) is 5.26 Å². The number of rotatable bonds is 1. The Morgan fingerprint density at radius 1 is 1.73 bits per heavy atom. The first-order valence-corrected chi connectivity index (χ1v) is 4.29. The number of nitriles is 1. The highest BCUT2D eigenvalue weighted by atomic mass is 16.3. The number of nitrogens with zero attached hydrogens (tertiary/aromatic N) is 3. The summed E-state index contributed by atoms with van der Waals surface area (Å²) in [5.41, 5.74) is 1.08. The molecule has 0 spiro atoms. The van der Waals surface area contributed by atoms with Crippen LogP contribution in [0.25, 0.3) is 5.65 Å². The van der Waals surface area contributed by atoms with E-state index in [0.29, 0.717) is 16.9 Å². The summed E-state index contributed by atoms with van der Waals surface area (Å²) in [5, 5.41) is 21.6. The molecule has 76 valence electrons. The summed E-state index contributed by atoms with van der Waals surface area (Å²) in [7, 11) is 0. The van der Waals surface area contributed by atoms with Gasteiger partial charge in [-0.2, -0.15) is 14.9 Å². The molecule has 0 aliphatic carbocycles. The number of fused-ring (bicyclic) bond motifs is 1. The smallest absolute Gasteiger partial charge is 0.277 e. The molecule has 6 nitrogen and oxygen atoms in total. The van der Waals surface area contributed by atoms with Crippen molar-refractivity contribution >= 4 is 5.65 Å². The molecule has 0 radical (unpaired) electrons. The van der Waals surface area contributed by atoms with Crippen LogP contribution in [0.4, 0.5) is 0 Å². The molecule has 2 aromatic rings. The van der Waals surface area contributed by atoms with Crippen molar-refractivity contribution in [3.63, 3.8) is 0 Å². The predicted molar refractivity (Wildman–Crippen MR) is 51.2 cm³/mol. The molecule has 0 aromatic carbocycles. The highest BCUT2D eigenvalue weighted by molar-refractivity contribution is 5.54. The molecule has 0 bridgehead atoms. The molecule has 2 N–H and O–H groups in total. The fourth-order valence-electron chi connectivity index (χ4n) is 1.39. The Morgan fingerprint density at radius 2 is 2.47 bits per heavy atom. The Labute approximate surface area is 84.4 Å². The van der Waals surface area contributed by atoms with E-state index < -0.39 is 0 Å². The third-order valence-corrected chi connectivity index (χ3v) is 2.28. The SMILES string of the molecule is Cc1c(CO)[nH]c2c(C#N)cnn2c1=O. The van der Waals surface area contributed by atoms with E-state index in [2.05, 4.69) is 10.1 Å². The lowest BCUT2D eigenvalue weighted by molar-refractivity contribution is 0.276. The van der Waals surface area contributed by atoms with Crippen molar-refractivity contribution in [2.24, 2.45) is 0 Å². The van der Waals surface area contributed by atoms with Gasteiger partial charge in [-0.3, -0.25) is 4.79 Å². The molecule has 15 heavy (non-hydrogen) atoms. The lowest BCUT2D eigenvalue weighted by Gasteiger charge is -2.02. The molecule has 0 amide bonds. The average Bonchev–Trinajstić information content (AvgIpc) is 2.66. The van der Waals surface area contributed by atoms with Crippen LogP contribution in [0, 0.1) is 18.3 Å². The molecule has 2 heterocycles. The highest BCUT2D eigenvalue weighted by Gasteiger charge is 2.11. The summed E-state index contributed by atoms with van der Waals surface area (Å²) < 4.78 is 1.12. The van der Waals surface area contributed by atoms with Crippen molar-refractivity contribution in [2.45, 2.75) is 13.5 Å². The van der Waals surface area contributed by atoms with Gasteiger partial charge < -0.3 is 10.1 Å². The molecule has 2 rings (SSSR count). The zero-order valence-electron chi connectivity index (χ0n) is 7.98. The Hall–Kier alpha value is -2.13. The van der Waals surface area contributed by atoms with Crippen molar-refractivity contribution in [1.82, 2.24) is 14.6 Å². The maximum Gasteiger partial charge on any atom is 0.277 e. The minimum atomic E-state index is -0.325. The number of aromatic amines is 1. The van der Waals surface area contributed by atoms with Gasteiger partial charge in [-0.1, -0.05) is 0 Å². The summed E-state index contributed by atoms with van der Waals surface area (Å²) >= 11 is 0. The largest absolute Gasteiger partial charge is 0.390 e. The van der Waals surface area contributed by atoms with Crippen molar-refractivity contribution in [3.8, 4) is 6.07 Å². The van der Waals surface area contributed by atoms with Gasteiger partial charge in [-0.05, 0) is 6.92 Å². The summed E-state index contributed by atoms with van der Waals surface area (Å²) in [5.74, 6) is 0.